The number of sulfonamides is 1. The summed E-state index contributed by atoms with van der Waals surface area (Å²) < 4.78 is 42.3. The van der Waals surface area contributed by atoms with Crippen molar-refractivity contribution in [1.82, 2.24) is 0 Å². The number of thiophene rings is 1. The Bertz CT molecular complexity index is 1350. The summed E-state index contributed by atoms with van der Waals surface area (Å²) in [7, 11) is -3.74. The highest BCUT2D eigenvalue weighted by Gasteiger charge is 2.18. The lowest BCUT2D eigenvalue weighted by atomic mass is 10.1. The zero-order chi connectivity index (χ0) is 21.3. The van der Waals surface area contributed by atoms with E-state index in [0.717, 1.165) is 0 Å². The summed E-state index contributed by atoms with van der Waals surface area (Å²) >= 11 is 1.21. The molecular formula is C22H17FN2O3S2. The van der Waals surface area contributed by atoms with Crippen LogP contribution < -0.4 is 10.0 Å². The third kappa shape index (κ3) is 3.92. The van der Waals surface area contributed by atoms with Gasteiger partial charge >= 0.3 is 0 Å². The van der Waals surface area contributed by atoms with E-state index in [1.165, 1.54) is 35.6 Å². The van der Waals surface area contributed by atoms with E-state index in [0.29, 0.717) is 31.9 Å². The van der Waals surface area contributed by atoms with E-state index in [9.17, 15) is 17.6 Å². The zero-order valence-corrected chi connectivity index (χ0v) is 17.5. The second-order valence-electron chi connectivity index (χ2n) is 6.62. The number of nitrogens with one attached hydrogen (secondary N) is 2. The molecule has 0 aliphatic carbocycles. The summed E-state index contributed by atoms with van der Waals surface area (Å²) in [6.07, 6.45) is 0. The monoisotopic (exact) mass is 440 g/mol. The second-order valence-corrected chi connectivity index (χ2v) is 9.36. The Kier molecular flexibility index (Phi) is 5.27. The first kappa shape index (κ1) is 20.1. The fourth-order valence-corrected chi connectivity index (χ4v) is 5.32. The summed E-state index contributed by atoms with van der Waals surface area (Å²) in [5, 5.41) is 3.20. The van der Waals surface area contributed by atoms with E-state index in [1.54, 1.807) is 55.5 Å². The maximum atomic E-state index is 14.1. The molecule has 0 saturated heterocycles. The smallest absolute Gasteiger partial charge is 0.266 e. The highest BCUT2D eigenvalue weighted by Crippen LogP contribution is 2.33. The molecule has 1 aromatic heterocycles. The number of hydrogen-bond acceptors (Lipinski definition) is 4. The number of rotatable bonds is 5. The van der Waals surface area contributed by atoms with Crippen molar-refractivity contribution >= 4 is 48.7 Å². The summed E-state index contributed by atoms with van der Waals surface area (Å²) in [6, 6.07) is 19.2. The predicted molar refractivity (Wildman–Crippen MR) is 118 cm³/mol. The van der Waals surface area contributed by atoms with Crippen LogP contribution in [0.25, 0.3) is 10.1 Å². The number of carbonyl (C=O) groups is 1. The molecule has 152 valence electrons. The molecule has 0 atom stereocenters. The van der Waals surface area contributed by atoms with Gasteiger partial charge in [-0.3, -0.25) is 9.52 Å². The van der Waals surface area contributed by atoms with Crippen LogP contribution in [0.3, 0.4) is 0 Å². The van der Waals surface area contributed by atoms with Crippen LogP contribution in [0.1, 0.15) is 15.2 Å². The number of hydrogen-bond donors (Lipinski definition) is 2. The van der Waals surface area contributed by atoms with Gasteiger partial charge in [0.2, 0.25) is 0 Å². The van der Waals surface area contributed by atoms with Crippen LogP contribution in [0.4, 0.5) is 15.8 Å². The minimum absolute atomic E-state index is 0.141. The molecular weight excluding hydrogens is 423 g/mol. The van der Waals surface area contributed by atoms with E-state index in [1.807, 2.05) is 0 Å². The van der Waals surface area contributed by atoms with E-state index in [-0.39, 0.29) is 16.6 Å². The minimum atomic E-state index is -3.74. The van der Waals surface area contributed by atoms with Gasteiger partial charge in [0.25, 0.3) is 15.9 Å². The molecule has 0 aliphatic heterocycles. The molecule has 1 heterocycles. The average molecular weight is 441 g/mol. The summed E-state index contributed by atoms with van der Waals surface area (Å²) in [5.41, 5.74) is 1.31. The largest absolute Gasteiger partial charge is 0.321 e. The SMILES string of the molecule is Cc1c(C(=O)Nc2cccc(NS(=O)(=O)c3ccccc3)c2)sc2cccc(F)c12. The van der Waals surface area contributed by atoms with Gasteiger partial charge in [-0.05, 0) is 55.0 Å². The van der Waals surface area contributed by atoms with Gasteiger partial charge in [-0.15, -0.1) is 11.3 Å². The third-order valence-corrected chi connectivity index (χ3v) is 7.19. The lowest BCUT2D eigenvalue weighted by Gasteiger charge is -2.10. The van der Waals surface area contributed by atoms with Crippen molar-refractivity contribution in [2.24, 2.45) is 0 Å². The number of aryl methyl sites for hydroxylation is 1. The lowest BCUT2D eigenvalue weighted by Crippen LogP contribution is -2.14. The van der Waals surface area contributed by atoms with Crippen molar-refractivity contribution < 1.29 is 17.6 Å². The zero-order valence-electron chi connectivity index (χ0n) is 15.8. The normalized spacial score (nSPS) is 11.4. The Balaban J connectivity index is 1.57. The van der Waals surface area contributed by atoms with Crippen LogP contribution >= 0.6 is 11.3 Å². The predicted octanol–water partition coefficient (Wildman–Crippen LogP) is 5.40. The van der Waals surface area contributed by atoms with Gasteiger partial charge < -0.3 is 5.32 Å². The van der Waals surface area contributed by atoms with Crippen LogP contribution in [0.2, 0.25) is 0 Å². The molecule has 0 aliphatic rings. The van der Waals surface area contributed by atoms with Crippen molar-refractivity contribution in [2.75, 3.05) is 10.0 Å². The fourth-order valence-electron chi connectivity index (χ4n) is 3.13. The number of carbonyl (C=O) groups excluding carboxylic acids is 1. The van der Waals surface area contributed by atoms with Crippen molar-refractivity contribution in [3.05, 3.63) is 89.1 Å². The Morgan fingerprint density at radius 2 is 1.63 bits per heavy atom. The van der Waals surface area contributed by atoms with Gasteiger partial charge in [0.1, 0.15) is 5.82 Å². The second kappa shape index (κ2) is 7.89. The average Bonchev–Trinajstić information content (AvgIpc) is 3.06. The summed E-state index contributed by atoms with van der Waals surface area (Å²) in [4.78, 5) is 13.3. The van der Waals surface area contributed by atoms with Gasteiger partial charge in [0.15, 0.2) is 0 Å². The molecule has 5 nitrogen and oxygen atoms in total. The van der Waals surface area contributed by atoms with Crippen LogP contribution in [-0.4, -0.2) is 14.3 Å². The van der Waals surface area contributed by atoms with E-state index >= 15 is 0 Å². The molecule has 1 amide bonds. The molecule has 2 N–H and O–H groups in total. The van der Waals surface area contributed by atoms with Crippen molar-refractivity contribution in [2.45, 2.75) is 11.8 Å². The van der Waals surface area contributed by atoms with Gasteiger partial charge in [0, 0.05) is 15.8 Å². The molecule has 8 heteroatoms. The maximum Gasteiger partial charge on any atom is 0.266 e. The number of fused-ring (bicyclic) bond motifs is 1. The number of halogens is 1. The molecule has 4 rings (SSSR count). The Labute approximate surface area is 177 Å². The topological polar surface area (TPSA) is 75.3 Å². The Hall–Kier alpha value is -3.23. The Morgan fingerprint density at radius 3 is 2.37 bits per heavy atom. The van der Waals surface area contributed by atoms with Crippen LogP contribution in [0.15, 0.2) is 77.7 Å². The highest BCUT2D eigenvalue weighted by molar-refractivity contribution is 7.92. The van der Waals surface area contributed by atoms with Crippen LogP contribution in [-0.2, 0) is 10.0 Å². The highest BCUT2D eigenvalue weighted by atomic mass is 32.2. The molecule has 0 radical (unpaired) electrons. The molecule has 4 aromatic rings. The molecule has 3 aromatic carbocycles. The lowest BCUT2D eigenvalue weighted by molar-refractivity contribution is 0.103. The number of benzene rings is 3. The van der Waals surface area contributed by atoms with Gasteiger partial charge in [-0.1, -0.05) is 30.3 Å². The first-order valence-electron chi connectivity index (χ1n) is 9.02. The van der Waals surface area contributed by atoms with Crippen molar-refractivity contribution in [1.29, 1.82) is 0 Å². The first-order valence-corrected chi connectivity index (χ1v) is 11.3. The van der Waals surface area contributed by atoms with Crippen molar-refractivity contribution in [3.63, 3.8) is 0 Å². The molecule has 0 fully saturated rings. The summed E-state index contributed by atoms with van der Waals surface area (Å²) in [6.45, 7) is 1.71. The third-order valence-electron chi connectivity index (χ3n) is 4.54. The van der Waals surface area contributed by atoms with Crippen LogP contribution in [0.5, 0.6) is 0 Å². The van der Waals surface area contributed by atoms with Crippen molar-refractivity contribution in [3.8, 4) is 0 Å². The fraction of sp³-hybridized carbons (Fsp3) is 0.0455. The van der Waals surface area contributed by atoms with E-state index in [4.69, 9.17) is 0 Å². The van der Waals surface area contributed by atoms with Gasteiger partial charge in [-0.25, -0.2) is 12.8 Å². The standard InChI is InChI=1S/C22H17FN2O3S2/c1-14-20-18(23)11-6-12-19(20)29-21(14)22(26)24-15-7-5-8-16(13-15)25-30(27,28)17-9-3-2-4-10-17/h2-13,25H,1H3,(H,24,26). The molecule has 0 spiro atoms. The van der Waals surface area contributed by atoms with E-state index in [2.05, 4.69) is 10.0 Å². The summed E-state index contributed by atoms with van der Waals surface area (Å²) in [5.74, 6) is -0.742. The van der Waals surface area contributed by atoms with Gasteiger partial charge in [-0.2, -0.15) is 0 Å². The quantitative estimate of drug-likeness (QED) is 0.436. The van der Waals surface area contributed by atoms with E-state index < -0.39 is 10.0 Å². The Morgan fingerprint density at radius 1 is 0.933 bits per heavy atom. The molecule has 30 heavy (non-hydrogen) atoms. The molecule has 0 bridgehead atoms. The maximum absolute atomic E-state index is 14.1. The molecule has 0 saturated carbocycles. The number of amides is 1. The number of anilines is 2. The van der Waals surface area contributed by atoms with Gasteiger partial charge in [0.05, 0.1) is 15.5 Å². The molecule has 0 unspecified atom stereocenters. The minimum Gasteiger partial charge on any atom is -0.321 e. The van der Waals surface area contributed by atoms with Crippen LogP contribution in [0, 0.1) is 12.7 Å². The first-order chi connectivity index (χ1) is 14.3.